The van der Waals surface area contributed by atoms with Crippen LogP contribution in [0.5, 0.6) is 5.75 Å². The molecule has 0 fully saturated rings. The molecule has 2 aromatic rings. The zero-order valence-electron chi connectivity index (χ0n) is 11.0. The summed E-state index contributed by atoms with van der Waals surface area (Å²) >= 11 is 11.8. The van der Waals surface area contributed by atoms with E-state index >= 15 is 0 Å². The van der Waals surface area contributed by atoms with E-state index in [1.807, 2.05) is 42.5 Å². The molecule has 0 aliphatic carbocycles. The van der Waals surface area contributed by atoms with Crippen molar-refractivity contribution in [1.82, 2.24) is 5.32 Å². The predicted octanol–water partition coefficient (Wildman–Crippen LogP) is 4.71. The highest BCUT2D eigenvalue weighted by atomic mass is 35.5. The molecule has 0 saturated carbocycles. The van der Waals surface area contributed by atoms with Gasteiger partial charge in [0.15, 0.2) is 0 Å². The average Bonchev–Trinajstić information content (AvgIpc) is 2.43. The largest absolute Gasteiger partial charge is 0.497 e. The molecule has 2 rings (SSSR count). The molecule has 2 aromatic carbocycles. The first-order valence-corrected chi connectivity index (χ1v) is 6.72. The number of nitrogens with one attached hydrogen (secondary N) is 1. The maximum Gasteiger partial charge on any atom is 0.118 e. The van der Waals surface area contributed by atoms with Gasteiger partial charge in [0.25, 0.3) is 0 Å². The van der Waals surface area contributed by atoms with Crippen LogP contribution < -0.4 is 10.1 Å². The van der Waals surface area contributed by atoms with E-state index in [4.69, 9.17) is 27.9 Å². The second-order valence-electron chi connectivity index (χ2n) is 4.20. The minimum absolute atomic E-state index is 0. The summed E-state index contributed by atoms with van der Waals surface area (Å²) < 4.78 is 5.12. The summed E-state index contributed by atoms with van der Waals surface area (Å²) in [5.74, 6) is 0.869. The second kappa shape index (κ2) is 8.38. The van der Waals surface area contributed by atoms with E-state index < -0.39 is 0 Å². The zero-order valence-corrected chi connectivity index (χ0v) is 13.4. The fourth-order valence-electron chi connectivity index (χ4n) is 1.74. The quantitative estimate of drug-likeness (QED) is 0.856. The average molecular weight is 333 g/mol. The molecule has 0 aliphatic rings. The summed E-state index contributed by atoms with van der Waals surface area (Å²) in [6, 6.07) is 13.7. The SMILES string of the molecule is COc1ccc(CNCc2ccc(Cl)c(Cl)c2)cc1.Cl. The first-order chi connectivity index (χ1) is 9.19. The fourth-order valence-corrected chi connectivity index (χ4v) is 2.06. The van der Waals surface area contributed by atoms with Crippen LogP contribution in [0.2, 0.25) is 10.0 Å². The molecule has 0 spiro atoms. The molecule has 0 bridgehead atoms. The number of methoxy groups -OCH3 is 1. The molecule has 1 N–H and O–H groups in total. The molecular formula is C15H16Cl3NO. The van der Waals surface area contributed by atoms with Gasteiger partial charge in [-0.3, -0.25) is 0 Å². The van der Waals surface area contributed by atoms with Crippen LogP contribution in [0.4, 0.5) is 0 Å². The van der Waals surface area contributed by atoms with E-state index in [9.17, 15) is 0 Å². The van der Waals surface area contributed by atoms with Crippen molar-refractivity contribution in [2.45, 2.75) is 13.1 Å². The lowest BCUT2D eigenvalue weighted by Crippen LogP contribution is -2.12. The second-order valence-corrected chi connectivity index (χ2v) is 5.01. The molecule has 0 atom stereocenters. The first kappa shape index (κ1) is 17.1. The molecular weight excluding hydrogens is 317 g/mol. The summed E-state index contributed by atoms with van der Waals surface area (Å²) in [4.78, 5) is 0. The van der Waals surface area contributed by atoms with Crippen molar-refractivity contribution in [3.8, 4) is 5.75 Å². The predicted molar refractivity (Wildman–Crippen MR) is 87.2 cm³/mol. The number of ether oxygens (including phenoxy) is 1. The maximum atomic E-state index is 5.97. The molecule has 5 heteroatoms. The van der Waals surface area contributed by atoms with Gasteiger partial charge in [0.2, 0.25) is 0 Å². The molecule has 0 aromatic heterocycles. The highest BCUT2D eigenvalue weighted by Gasteiger charge is 2.00. The number of halogens is 3. The normalized spacial score (nSPS) is 9.95. The monoisotopic (exact) mass is 331 g/mol. The van der Waals surface area contributed by atoms with Crippen LogP contribution in [0.3, 0.4) is 0 Å². The van der Waals surface area contributed by atoms with Crippen LogP contribution in [-0.2, 0) is 13.1 Å². The van der Waals surface area contributed by atoms with E-state index in [0.717, 1.165) is 24.4 Å². The lowest BCUT2D eigenvalue weighted by atomic mass is 10.2. The van der Waals surface area contributed by atoms with Crippen LogP contribution in [0.1, 0.15) is 11.1 Å². The van der Waals surface area contributed by atoms with Gasteiger partial charge in [-0.25, -0.2) is 0 Å². The summed E-state index contributed by atoms with van der Waals surface area (Å²) in [5, 5.41) is 4.53. The van der Waals surface area contributed by atoms with E-state index in [1.165, 1.54) is 5.56 Å². The molecule has 0 heterocycles. The Bertz CT molecular complexity index is 543. The van der Waals surface area contributed by atoms with E-state index in [2.05, 4.69) is 5.32 Å². The molecule has 0 unspecified atom stereocenters. The highest BCUT2D eigenvalue weighted by molar-refractivity contribution is 6.42. The van der Waals surface area contributed by atoms with Crippen molar-refractivity contribution in [3.05, 3.63) is 63.6 Å². The van der Waals surface area contributed by atoms with Gasteiger partial charge in [-0.15, -0.1) is 12.4 Å². The molecule has 0 saturated heterocycles. The Balaban J connectivity index is 0.00000200. The van der Waals surface area contributed by atoms with Gasteiger partial charge in [0.05, 0.1) is 17.2 Å². The van der Waals surface area contributed by atoms with Crippen molar-refractivity contribution in [2.75, 3.05) is 7.11 Å². The zero-order chi connectivity index (χ0) is 13.7. The van der Waals surface area contributed by atoms with Gasteiger partial charge in [0.1, 0.15) is 5.75 Å². The standard InChI is InChI=1S/C15H15Cl2NO.ClH/c1-19-13-5-2-11(3-6-13)9-18-10-12-4-7-14(16)15(17)8-12;/h2-8,18H,9-10H2,1H3;1H. The summed E-state index contributed by atoms with van der Waals surface area (Å²) in [6.07, 6.45) is 0. The number of hydrogen-bond acceptors (Lipinski definition) is 2. The lowest BCUT2D eigenvalue weighted by molar-refractivity contribution is 0.414. The number of hydrogen-bond donors (Lipinski definition) is 1. The van der Waals surface area contributed by atoms with Crippen LogP contribution in [0.25, 0.3) is 0 Å². The van der Waals surface area contributed by atoms with Crippen molar-refractivity contribution >= 4 is 35.6 Å². The third kappa shape index (κ3) is 4.88. The molecule has 20 heavy (non-hydrogen) atoms. The van der Waals surface area contributed by atoms with Gasteiger partial charge in [-0.1, -0.05) is 41.4 Å². The molecule has 0 aliphatic heterocycles. The van der Waals surface area contributed by atoms with Gasteiger partial charge in [0, 0.05) is 13.1 Å². The van der Waals surface area contributed by atoms with Gasteiger partial charge < -0.3 is 10.1 Å². The molecule has 108 valence electrons. The lowest BCUT2D eigenvalue weighted by Gasteiger charge is -2.07. The van der Waals surface area contributed by atoms with Crippen molar-refractivity contribution in [1.29, 1.82) is 0 Å². The Labute approximate surface area is 135 Å². The topological polar surface area (TPSA) is 21.3 Å². The third-order valence-electron chi connectivity index (χ3n) is 2.80. The van der Waals surface area contributed by atoms with E-state index in [0.29, 0.717) is 10.0 Å². The Morgan fingerprint density at radius 1 is 0.900 bits per heavy atom. The smallest absolute Gasteiger partial charge is 0.118 e. The molecule has 0 radical (unpaired) electrons. The minimum Gasteiger partial charge on any atom is -0.497 e. The van der Waals surface area contributed by atoms with Crippen molar-refractivity contribution in [2.24, 2.45) is 0 Å². The first-order valence-electron chi connectivity index (χ1n) is 5.96. The summed E-state index contributed by atoms with van der Waals surface area (Å²) in [6.45, 7) is 1.55. The summed E-state index contributed by atoms with van der Waals surface area (Å²) in [5.41, 5.74) is 2.32. The number of rotatable bonds is 5. The van der Waals surface area contributed by atoms with E-state index in [1.54, 1.807) is 7.11 Å². The summed E-state index contributed by atoms with van der Waals surface area (Å²) in [7, 11) is 1.66. The van der Waals surface area contributed by atoms with E-state index in [-0.39, 0.29) is 12.4 Å². The molecule has 0 amide bonds. The van der Waals surface area contributed by atoms with Crippen LogP contribution in [0.15, 0.2) is 42.5 Å². The Morgan fingerprint density at radius 3 is 2.10 bits per heavy atom. The minimum atomic E-state index is 0. The van der Waals surface area contributed by atoms with Gasteiger partial charge >= 0.3 is 0 Å². The van der Waals surface area contributed by atoms with Crippen LogP contribution in [0, 0.1) is 0 Å². The van der Waals surface area contributed by atoms with Crippen molar-refractivity contribution in [3.63, 3.8) is 0 Å². The Morgan fingerprint density at radius 2 is 1.50 bits per heavy atom. The van der Waals surface area contributed by atoms with Crippen molar-refractivity contribution < 1.29 is 4.74 Å². The van der Waals surface area contributed by atoms with Crippen LogP contribution >= 0.6 is 35.6 Å². The fraction of sp³-hybridized carbons (Fsp3) is 0.200. The number of benzene rings is 2. The van der Waals surface area contributed by atoms with Gasteiger partial charge in [-0.05, 0) is 35.4 Å². The third-order valence-corrected chi connectivity index (χ3v) is 3.54. The highest BCUT2D eigenvalue weighted by Crippen LogP contribution is 2.22. The maximum absolute atomic E-state index is 5.97. The van der Waals surface area contributed by atoms with Crippen LogP contribution in [-0.4, -0.2) is 7.11 Å². The molecule has 2 nitrogen and oxygen atoms in total. The Kier molecular flexibility index (Phi) is 7.17. The van der Waals surface area contributed by atoms with Gasteiger partial charge in [-0.2, -0.15) is 0 Å². The Hall–Kier alpha value is -0.930.